The quantitative estimate of drug-likeness (QED) is 0.826. The molecule has 2 rings (SSSR count). The SMILES string of the molecule is CCC(O)c1cccc(C2OC=CO2)c1. The fourth-order valence-corrected chi connectivity index (χ4v) is 1.54. The van der Waals surface area contributed by atoms with Gasteiger partial charge in [-0.2, -0.15) is 0 Å². The average Bonchev–Trinajstić information content (AvgIpc) is 2.82. The van der Waals surface area contributed by atoms with Gasteiger partial charge in [0.1, 0.15) is 12.5 Å². The van der Waals surface area contributed by atoms with Crippen LogP contribution in [0.25, 0.3) is 0 Å². The molecule has 1 N–H and O–H groups in total. The molecule has 0 spiro atoms. The minimum absolute atomic E-state index is 0.367. The molecule has 15 heavy (non-hydrogen) atoms. The van der Waals surface area contributed by atoms with Crippen molar-refractivity contribution in [2.45, 2.75) is 25.7 Å². The number of ether oxygens (including phenoxy) is 2. The van der Waals surface area contributed by atoms with Crippen LogP contribution in [0.1, 0.15) is 36.9 Å². The molecule has 1 aliphatic rings. The Balaban J connectivity index is 2.18. The van der Waals surface area contributed by atoms with E-state index in [9.17, 15) is 5.11 Å². The van der Waals surface area contributed by atoms with E-state index in [4.69, 9.17) is 9.47 Å². The van der Waals surface area contributed by atoms with Crippen molar-refractivity contribution in [1.29, 1.82) is 0 Å². The fourth-order valence-electron chi connectivity index (χ4n) is 1.54. The molecule has 0 amide bonds. The third kappa shape index (κ3) is 2.13. The highest BCUT2D eigenvalue weighted by Crippen LogP contribution is 2.26. The molecule has 1 aliphatic heterocycles. The first-order chi connectivity index (χ1) is 7.31. The average molecular weight is 206 g/mol. The molecule has 0 radical (unpaired) electrons. The first-order valence-corrected chi connectivity index (χ1v) is 5.05. The number of rotatable bonds is 3. The van der Waals surface area contributed by atoms with Gasteiger partial charge in [0, 0.05) is 5.56 Å². The summed E-state index contributed by atoms with van der Waals surface area (Å²) in [5.41, 5.74) is 1.82. The van der Waals surface area contributed by atoms with Crippen molar-refractivity contribution in [3.05, 3.63) is 47.9 Å². The lowest BCUT2D eigenvalue weighted by atomic mass is 10.0. The van der Waals surface area contributed by atoms with E-state index in [1.54, 1.807) is 0 Å². The van der Waals surface area contributed by atoms with E-state index in [0.29, 0.717) is 6.42 Å². The van der Waals surface area contributed by atoms with Crippen LogP contribution >= 0.6 is 0 Å². The Hall–Kier alpha value is -1.48. The Morgan fingerprint density at radius 3 is 2.73 bits per heavy atom. The summed E-state index contributed by atoms with van der Waals surface area (Å²) in [6.07, 6.45) is 2.96. The number of aliphatic hydroxyl groups is 1. The molecule has 0 fully saturated rings. The third-order valence-electron chi connectivity index (χ3n) is 2.41. The highest BCUT2D eigenvalue weighted by atomic mass is 16.7. The lowest BCUT2D eigenvalue weighted by Crippen LogP contribution is -2.01. The number of hydrogen-bond donors (Lipinski definition) is 1. The molecule has 0 bridgehead atoms. The first-order valence-electron chi connectivity index (χ1n) is 5.05. The van der Waals surface area contributed by atoms with E-state index < -0.39 is 6.10 Å². The predicted octanol–water partition coefficient (Wildman–Crippen LogP) is 2.65. The van der Waals surface area contributed by atoms with Crippen molar-refractivity contribution in [2.24, 2.45) is 0 Å². The van der Waals surface area contributed by atoms with Crippen molar-refractivity contribution in [3.8, 4) is 0 Å². The molecular weight excluding hydrogens is 192 g/mol. The van der Waals surface area contributed by atoms with Crippen LogP contribution < -0.4 is 0 Å². The molecule has 0 saturated carbocycles. The van der Waals surface area contributed by atoms with Gasteiger partial charge >= 0.3 is 0 Å². The molecule has 0 aromatic heterocycles. The van der Waals surface area contributed by atoms with E-state index >= 15 is 0 Å². The van der Waals surface area contributed by atoms with Crippen molar-refractivity contribution in [3.63, 3.8) is 0 Å². The molecule has 1 aromatic rings. The molecule has 80 valence electrons. The predicted molar refractivity (Wildman–Crippen MR) is 55.7 cm³/mol. The van der Waals surface area contributed by atoms with Crippen LogP contribution in [0, 0.1) is 0 Å². The molecule has 3 heteroatoms. The fraction of sp³-hybridized carbons (Fsp3) is 0.333. The Labute approximate surface area is 88.9 Å². The summed E-state index contributed by atoms with van der Waals surface area (Å²) < 4.78 is 10.4. The van der Waals surface area contributed by atoms with Gasteiger partial charge < -0.3 is 14.6 Å². The monoisotopic (exact) mass is 206 g/mol. The van der Waals surface area contributed by atoms with Crippen LogP contribution in [-0.2, 0) is 9.47 Å². The zero-order valence-corrected chi connectivity index (χ0v) is 8.59. The summed E-state index contributed by atoms with van der Waals surface area (Å²) >= 11 is 0. The lowest BCUT2D eigenvalue weighted by Gasteiger charge is -2.13. The minimum atomic E-state index is -0.417. The summed E-state index contributed by atoms with van der Waals surface area (Å²) in [5.74, 6) is 0. The highest BCUT2D eigenvalue weighted by Gasteiger charge is 2.16. The first kappa shape index (κ1) is 10.1. The van der Waals surface area contributed by atoms with Gasteiger partial charge in [0.2, 0.25) is 0 Å². The van der Waals surface area contributed by atoms with Crippen LogP contribution in [0.2, 0.25) is 0 Å². The maximum atomic E-state index is 9.70. The molecule has 0 saturated heterocycles. The standard InChI is InChI=1S/C12H14O3/c1-2-11(13)9-4-3-5-10(8-9)12-14-6-7-15-12/h3-8,11-13H,2H2,1H3. The molecule has 1 heterocycles. The second-order valence-corrected chi connectivity index (χ2v) is 3.47. The van der Waals surface area contributed by atoms with Gasteiger partial charge in [0.25, 0.3) is 6.29 Å². The smallest absolute Gasteiger partial charge is 0.266 e. The Bertz CT molecular complexity index is 352. The molecular formula is C12H14O3. The van der Waals surface area contributed by atoms with Crippen LogP contribution in [-0.4, -0.2) is 5.11 Å². The van der Waals surface area contributed by atoms with Gasteiger partial charge in [-0.05, 0) is 18.1 Å². The largest absolute Gasteiger partial charge is 0.455 e. The molecule has 3 nitrogen and oxygen atoms in total. The molecule has 1 atom stereocenters. The highest BCUT2D eigenvalue weighted by molar-refractivity contribution is 5.26. The van der Waals surface area contributed by atoms with Crippen molar-refractivity contribution >= 4 is 0 Å². The lowest BCUT2D eigenvalue weighted by molar-refractivity contribution is -0.0247. The van der Waals surface area contributed by atoms with Gasteiger partial charge in [0.05, 0.1) is 6.10 Å². The Morgan fingerprint density at radius 2 is 2.07 bits per heavy atom. The summed E-state index contributed by atoms with van der Waals surface area (Å²) in [6, 6.07) is 7.63. The van der Waals surface area contributed by atoms with E-state index in [1.165, 1.54) is 12.5 Å². The molecule has 1 aromatic carbocycles. The second kappa shape index (κ2) is 4.36. The van der Waals surface area contributed by atoms with Crippen LogP contribution in [0.15, 0.2) is 36.8 Å². The second-order valence-electron chi connectivity index (χ2n) is 3.47. The van der Waals surface area contributed by atoms with Gasteiger partial charge in [-0.3, -0.25) is 0 Å². The molecule has 1 unspecified atom stereocenters. The Morgan fingerprint density at radius 1 is 1.33 bits per heavy atom. The van der Waals surface area contributed by atoms with E-state index in [-0.39, 0.29) is 6.29 Å². The van der Waals surface area contributed by atoms with Gasteiger partial charge in [-0.25, -0.2) is 0 Å². The number of aliphatic hydroxyl groups excluding tert-OH is 1. The van der Waals surface area contributed by atoms with Gasteiger partial charge in [0.15, 0.2) is 0 Å². The maximum Gasteiger partial charge on any atom is 0.266 e. The summed E-state index contributed by atoms with van der Waals surface area (Å²) in [6.45, 7) is 1.95. The van der Waals surface area contributed by atoms with Crippen molar-refractivity contribution in [1.82, 2.24) is 0 Å². The topological polar surface area (TPSA) is 38.7 Å². The molecule has 0 aliphatic carbocycles. The Kier molecular flexibility index (Phi) is 2.92. The van der Waals surface area contributed by atoms with Crippen molar-refractivity contribution in [2.75, 3.05) is 0 Å². The third-order valence-corrected chi connectivity index (χ3v) is 2.41. The van der Waals surface area contributed by atoms with E-state index in [0.717, 1.165) is 11.1 Å². The zero-order chi connectivity index (χ0) is 10.7. The normalized spacial score (nSPS) is 17.2. The zero-order valence-electron chi connectivity index (χ0n) is 8.59. The maximum absolute atomic E-state index is 9.70. The van der Waals surface area contributed by atoms with Crippen LogP contribution in [0.4, 0.5) is 0 Å². The van der Waals surface area contributed by atoms with Gasteiger partial charge in [-0.15, -0.1) is 0 Å². The van der Waals surface area contributed by atoms with Crippen LogP contribution in [0.5, 0.6) is 0 Å². The minimum Gasteiger partial charge on any atom is -0.455 e. The van der Waals surface area contributed by atoms with Gasteiger partial charge in [-0.1, -0.05) is 25.1 Å². The van der Waals surface area contributed by atoms with Crippen LogP contribution in [0.3, 0.4) is 0 Å². The number of benzene rings is 1. The number of hydrogen-bond acceptors (Lipinski definition) is 3. The van der Waals surface area contributed by atoms with E-state index in [1.807, 2.05) is 31.2 Å². The summed E-state index contributed by atoms with van der Waals surface area (Å²) in [4.78, 5) is 0. The summed E-state index contributed by atoms with van der Waals surface area (Å²) in [5, 5.41) is 9.70. The van der Waals surface area contributed by atoms with E-state index in [2.05, 4.69) is 0 Å². The van der Waals surface area contributed by atoms with Crippen molar-refractivity contribution < 1.29 is 14.6 Å². The summed E-state index contributed by atoms with van der Waals surface area (Å²) in [7, 11) is 0.